The van der Waals surface area contributed by atoms with Crippen LogP contribution in [0.15, 0.2) is 40.7 Å². The Morgan fingerprint density at radius 1 is 1.00 bits per heavy atom. The number of allylic oxidation sites excluding steroid dienone is 5. The zero-order chi connectivity index (χ0) is 7.56. The Kier molecular flexibility index (Phi) is 1.94. The first kappa shape index (κ1) is 7.11. The molecule has 0 radical (unpaired) electrons. The highest BCUT2D eigenvalue weighted by molar-refractivity contribution is 5.37. The van der Waals surface area contributed by atoms with Crippen molar-refractivity contribution >= 4 is 0 Å². The molecule has 0 atom stereocenters. The van der Waals surface area contributed by atoms with E-state index in [1.807, 2.05) is 6.08 Å². The summed E-state index contributed by atoms with van der Waals surface area (Å²) in [6, 6.07) is 0. The van der Waals surface area contributed by atoms with Gasteiger partial charge in [0.15, 0.2) is 0 Å². The average Bonchev–Trinajstić information content (AvgIpc) is 2.04. The minimum atomic E-state index is 1.19. The summed E-state index contributed by atoms with van der Waals surface area (Å²) >= 11 is 0. The Labute approximate surface area is 62.3 Å². The van der Waals surface area contributed by atoms with Gasteiger partial charge in [-0.05, 0) is 43.6 Å². The van der Waals surface area contributed by atoms with Gasteiger partial charge in [-0.25, -0.2) is 0 Å². The third-order valence-electron chi connectivity index (χ3n) is 1.72. The van der Waals surface area contributed by atoms with Gasteiger partial charge in [0.25, 0.3) is 0 Å². The van der Waals surface area contributed by atoms with Crippen LogP contribution >= 0.6 is 0 Å². The van der Waals surface area contributed by atoms with E-state index in [1.54, 1.807) is 0 Å². The molecule has 52 valence electrons. The molecule has 0 fully saturated rings. The van der Waals surface area contributed by atoms with Gasteiger partial charge in [-0.1, -0.05) is 12.2 Å². The lowest BCUT2D eigenvalue weighted by atomic mass is 10.1. The molecule has 0 heteroatoms. The predicted molar refractivity (Wildman–Crippen MR) is 44.8 cm³/mol. The normalized spacial score (nSPS) is 17.3. The molecule has 0 nitrogen and oxygen atoms in total. The molecule has 0 aliphatic heterocycles. The van der Waals surface area contributed by atoms with Gasteiger partial charge in [0.1, 0.15) is 0 Å². The summed E-state index contributed by atoms with van der Waals surface area (Å²) in [6.45, 7) is 6.27. The van der Waals surface area contributed by atoms with Gasteiger partial charge in [-0.15, -0.1) is 5.73 Å². The molecular formula is C10H12. The molecule has 0 aromatic carbocycles. The quantitative estimate of drug-likeness (QED) is 0.444. The Hall–Kier alpha value is -1.00. The van der Waals surface area contributed by atoms with Crippen molar-refractivity contribution in [2.45, 2.75) is 20.8 Å². The van der Waals surface area contributed by atoms with Gasteiger partial charge in [0, 0.05) is 0 Å². The van der Waals surface area contributed by atoms with Crippen LogP contribution in [-0.4, -0.2) is 0 Å². The molecule has 1 rings (SSSR count). The molecule has 0 aromatic heterocycles. The van der Waals surface area contributed by atoms with Crippen LogP contribution in [0.1, 0.15) is 20.8 Å². The van der Waals surface area contributed by atoms with E-state index in [2.05, 4.69) is 38.7 Å². The summed E-state index contributed by atoms with van der Waals surface area (Å²) in [6.07, 6.45) is 6.24. The first-order valence-corrected chi connectivity index (χ1v) is 3.49. The van der Waals surface area contributed by atoms with Crippen molar-refractivity contribution in [1.29, 1.82) is 0 Å². The third kappa shape index (κ3) is 1.49. The first-order valence-electron chi connectivity index (χ1n) is 3.49. The van der Waals surface area contributed by atoms with Crippen molar-refractivity contribution in [2.75, 3.05) is 0 Å². The largest absolute Gasteiger partial charge is 0.117 e. The summed E-state index contributed by atoms with van der Waals surface area (Å²) in [5.41, 5.74) is 6.99. The van der Waals surface area contributed by atoms with Gasteiger partial charge in [-0.2, -0.15) is 0 Å². The van der Waals surface area contributed by atoms with Gasteiger partial charge in [0.2, 0.25) is 0 Å². The maximum atomic E-state index is 3.17. The van der Waals surface area contributed by atoms with Gasteiger partial charge in [-0.3, -0.25) is 0 Å². The molecule has 0 saturated carbocycles. The second-order valence-corrected chi connectivity index (χ2v) is 2.67. The van der Waals surface area contributed by atoms with Crippen LogP contribution < -0.4 is 0 Å². The second kappa shape index (κ2) is 2.72. The Balaban J connectivity index is 3.10. The van der Waals surface area contributed by atoms with Crippen LogP contribution in [-0.2, 0) is 0 Å². The van der Waals surface area contributed by atoms with E-state index in [0.717, 1.165) is 0 Å². The molecular weight excluding hydrogens is 120 g/mol. The van der Waals surface area contributed by atoms with Crippen LogP contribution in [0.5, 0.6) is 0 Å². The van der Waals surface area contributed by atoms with Crippen molar-refractivity contribution in [1.82, 2.24) is 0 Å². The van der Waals surface area contributed by atoms with Crippen molar-refractivity contribution in [3.05, 3.63) is 40.7 Å². The molecule has 0 saturated heterocycles. The van der Waals surface area contributed by atoms with E-state index >= 15 is 0 Å². The van der Waals surface area contributed by atoms with Crippen LogP contribution in [0.4, 0.5) is 0 Å². The lowest BCUT2D eigenvalue weighted by Crippen LogP contribution is -1.72. The minimum absolute atomic E-state index is 1.19. The minimum Gasteiger partial charge on any atom is -0.117 e. The van der Waals surface area contributed by atoms with Crippen molar-refractivity contribution in [3.63, 3.8) is 0 Å². The molecule has 0 N–H and O–H groups in total. The summed E-state index contributed by atoms with van der Waals surface area (Å²) in [7, 11) is 0. The maximum Gasteiger partial charge on any atom is -0.00912 e. The fourth-order valence-electron chi connectivity index (χ4n) is 0.765. The molecule has 1 aliphatic carbocycles. The lowest BCUT2D eigenvalue weighted by molar-refractivity contribution is 1.38. The van der Waals surface area contributed by atoms with E-state index in [-0.39, 0.29) is 0 Å². The zero-order valence-corrected chi connectivity index (χ0v) is 6.73. The highest BCUT2D eigenvalue weighted by Crippen LogP contribution is 2.10. The number of hydrogen-bond acceptors (Lipinski definition) is 0. The predicted octanol–water partition coefficient (Wildman–Crippen LogP) is 2.99. The summed E-state index contributed by atoms with van der Waals surface area (Å²) in [4.78, 5) is 0. The lowest BCUT2D eigenvalue weighted by Gasteiger charge is -1.91. The maximum absolute atomic E-state index is 3.17. The van der Waals surface area contributed by atoms with Crippen molar-refractivity contribution in [2.24, 2.45) is 0 Å². The highest BCUT2D eigenvalue weighted by atomic mass is 14.0. The van der Waals surface area contributed by atoms with E-state index < -0.39 is 0 Å². The molecule has 0 unspecified atom stereocenters. The van der Waals surface area contributed by atoms with Crippen LogP contribution in [0.3, 0.4) is 0 Å². The Morgan fingerprint density at radius 2 is 1.70 bits per heavy atom. The topological polar surface area (TPSA) is 0 Å². The summed E-state index contributed by atoms with van der Waals surface area (Å²) < 4.78 is 0. The molecule has 0 spiro atoms. The Bertz CT molecular complexity index is 256. The smallest absolute Gasteiger partial charge is 0.00912 e. The molecule has 0 aromatic rings. The number of rotatable bonds is 0. The zero-order valence-electron chi connectivity index (χ0n) is 6.73. The highest BCUT2D eigenvalue weighted by Gasteiger charge is 1.91. The number of hydrogen-bond donors (Lipinski definition) is 0. The summed E-state index contributed by atoms with van der Waals surface area (Å²) in [5.74, 6) is 0. The third-order valence-corrected chi connectivity index (χ3v) is 1.72. The van der Waals surface area contributed by atoms with Crippen molar-refractivity contribution < 1.29 is 0 Å². The van der Waals surface area contributed by atoms with E-state index in [1.165, 1.54) is 16.7 Å². The van der Waals surface area contributed by atoms with E-state index in [4.69, 9.17) is 0 Å². The molecule has 0 heterocycles. The van der Waals surface area contributed by atoms with Gasteiger partial charge in [0.05, 0.1) is 0 Å². The standard InChI is InChI=1S/C10H12/c1-8-4-6-9(2)10(3)7-5-8/h4,6-7H,1-3H3. The van der Waals surface area contributed by atoms with Crippen LogP contribution in [0.25, 0.3) is 0 Å². The fourth-order valence-corrected chi connectivity index (χ4v) is 0.765. The second-order valence-electron chi connectivity index (χ2n) is 2.67. The van der Waals surface area contributed by atoms with E-state index in [9.17, 15) is 0 Å². The average molecular weight is 132 g/mol. The Morgan fingerprint density at radius 3 is 2.40 bits per heavy atom. The monoisotopic (exact) mass is 132 g/mol. The molecule has 0 amide bonds. The van der Waals surface area contributed by atoms with Crippen LogP contribution in [0.2, 0.25) is 0 Å². The first-order chi connectivity index (χ1) is 4.70. The SMILES string of the molecule is CC1=C=CC(C)=C(C)C=C1. The van der Waals surface area contributed by atoms with Crippen molar-refractivity contribution in [3.8, 4) is 0 Å². The fraction of sp³-hybridized carbons (Fsp3) is 0.300. The van der Waals surface area contributed by atoms with Gasteiger partial charge >= 0.3 is 0 Å². The molecule has 10 heavy (non-hydrogen) atoms. The molecule has 0 bridgehead atoms. The van der Waals surface area contributed by atoms with Crippen LogP contribution in [0, 0.1) is 0 Å². The van der Waals surface area contributed by atoms with Gasteiger partial charge < -0.3 is 0 Å². The summed E-state index contributed by atoms with van der Waals surface area (Å²) in [5, 5.41) is 0. The molecule has 1 aliphatic rings. The van der Waals surface area contributed by atoms with E-state index in [0.29, 0.717) is 0 Å².